The minimum atomic E-state index is 0.467. The topological polar surface area (TPSA) is 61.0 Å². The molecule has 0 amide bonds. The third kappa shape index (κ3) is 2.93. The smallest absolute Gasteiger partial charge is 0.227 e. The lowest BCUT2D eigenvalue weighted by Gasteiger charge is -2.08. The number of hydrogen-bond acceptors (Lipinski definition) is 5. The van der Waals surface area contributed by atoms with E-state index < -0.39 is 0 Å². The molecule has 3 rings (SSSR count). The summed E-state index contributed by atoms with van der Waals surface area (Å²) in [5.74, 6) is 2.17. The summed E-state index contributed by atoms with van der Waals surface area (Å²) in [5.41, 5.74) is 1.65. The van der Waals surface area contributed by atoms with E-state index in [0.717, 1.165) is 22.9 Å². The summed E-state index contributed by atoms with van der Waals surface area (Å²) < 4.78 is 11.0. The molecule has 0 atom stereocenters. The molecule has 0 N–H and O–H groups in total. The van der Waals surface area contributed by atoms with Crippen molar-refractivity contribution in [3.05, 3.63) is 36.2 Å². The SMILES string of the molecule is CCOc1nc2ccccc2cc1-c1noc(CC(C)C)n1. The van der Waals surface area contributed by atoms with Crippen molar-refractivity contribution in [3.8, 4) is 17.3 Å². The first kappa shape index (κ1) is 14.5. The zero-order valence-electron chi connectivity index (χ0n) is 13.0. The van der Waals surface area contributed by atoms with Crippen LogP contribution in [0.4, 0.5) is 0 Å². The minimum absolute atomic E-state index is 0.467. The van der Waals surface area contributed by atoms with Crippen LogP contribution in [-0.2, 0) is 6.42 Å². The molecule has 0 spiro atoms. The summed E-state index contributed by atoms with van der Waals surface area (Å²) in [4.78, 5) is 9.04. The van der Waals surface area contributed by atoms with Gasteiger partial charge in [-0.1, -0.05) is 37.2 Å². The van der Waals surface area contributed by atoms with Gasteiger partial charge in [0.25, 0.3) is 0 Å². The molecule has 0 radical (unpaired) electrons. The standard InChI is InChI=1S/C17H19N3O2/c1-4-21-17-13(10-12-7-5-6-8-14(12)18-17)16-19-15(22-20-16)9-11(2)3/h5-8,10-11H,4,9H2,1-3H3. The summed E-state index contributed by atoms with van der Waals surface area (Å²) in [6.45, 7) is 6.70. The molecule has 5 heteroatoms. The molecule has 2 aromatic heterocycles. The number of para-hydroxylation sites is 1. The lowest BCUT2D eigenvalue weighted by molar-refractivity contribution is 0.328. The van der Waals surface area contributed by atoms with Crippen LogP contribution in [0.3, 0.4) is 0 Å². The van der Waals surface area contributed by atoms with Gasteiger partial charge in [-0.25, -0.2) is 4.98 Å². The van der Waals surface area contributed by atoms with Crippen molar-refractivity contribution < 1.29 is 9.26 Å². The number of pyridine rings is 1. The highest BCUT2D eigenvalue weighted by Gasteiger charge is 2.16. The van der Waals surface area contributed by atoms with Crippen molar-refractivity contribution in [1.29, 1.82) is 0 Å². The van der Waals surface area contributed by atoms with Gasteiger partial charge in [-0.15, -0.1) is 0 Å². The van der Waals surface area contributed by atoms with Crippen LogP contribution in [-0.4, -0.2) is 21.7 Å². The van der Waals surface area contributed by atoms with Gasteiger partial charge in [0, 0.05) is 11.8 Å². The van der Waals surface area contributed by atoms with Crippen molar-refractivity contribution in [2.75, 3.05) is 6.61 Å². The Hall–Kier alpha value is -2.43. The van der Waals surface area contributed by atoms with Gasteiger partial charge in [-0.05, 0) is 25.0 Å². The zero-order valence-corrected chi connectivity index (χ0v) is 13.0. The van der Waals surface area contributed by atoms with Gasteiger partial charge in [0.2, 0.25) is 17.6 Å². The Morgan fingerprint density at radius 2 is 2.00 bits per heavy atom. The molecule has 0 saturated heterocycles. The molecule has 3 aromatic rings. The first-order chi connectivity index (χ1) is 10.7. The molecular formula is C17H19N3O2. The maximum atomic E-state index is 5.66. The molecule has 1 aromatic carbocycles. The van der Waals surface area contributed by atoms with E-state index in [1.165, 1.54) is 0 Å². The Labute approximate surface area is 129 Å². The van der Waals surface area contributed by atoms with Crippen LogP contribution in [0.1, 0.15) is 26.7 Å². The number of fused-ring (bicyclic) bond motifs is 1. The van der Waals surface area contributed by atoms with Gasteiger partial charge < -0.3 is 9.26 Å². The second-order valence-corrected chi connectivity index (χ2v) is 5.58. The van der Waals surface area contributed by atoms with Crippen LogP contribution in [0.25, 0.3) is 22.3 Å². The summed E-state index contributed by atoms with van der Waals surface area (Å²) in [6.07, 6.45) is 0.762. The molecule has 5 nitrogen and oxygen atoms in total. The lowest BCUT2D eigenvalue weighted by atomic mass is 10.1. The first-order valence-electron chi connectivity index (χ1n) is 7.53. The van der Waals surface area contributed by atoms with Crippen molar-refractivity contribution >= 4 is 10.9 Å². The van der Waals surface area contributed by atoms with E-state index in [0.29, 0.717) is 30.1 Å². The Kier molecular flexibility index (Phi) is 4.04. The normalized spacial score (nSPS) is 11.3. The number of benzene rings is 1. The van der Waals surface area contributed by atoms with Crippen LogP contribution >= 0.6 is 0 Å². The predicted octanol–water partition coefficient (Wildman–Crippen LogP) is 3.88. The third-order valence-electron chi connectivity index (χ3n) is 3.26. The minimum Gasteiger partial charge on any atom is -0.477 e. The second-order valence-electron chi connectivity index (χ2n) is 5.58. The summed E-state index contributed by atoms with van der Waals surface area (Å²) >= 11 is 0. The zero-order chi connectivity index (χ0) is 15.5. The number of nitrogens with zero attached hydrogens (tertiary/aromatic N) is 3. The fourth-order valence-electron chi connectivity index (χ4n) is 2.30. The van der Waals surface area contributed by atoms with Crippen molar-refractivity contribution in [2.45, 2.75) is 27.2 Å². The summed E-state index contributed by atoms with van der Waals surface area (Å²) in [7, 11) is 0. The number of ether oxygens (including phenoxy) is 1. The van der Waals surface area contributed by atoms with E-state index in [4.69, 9.17) is 9.26 Å². The molecule has 0 aliphatic heterocycles. The quantitative estimate of drug-likeness (QED) is 0.715. The number of aromatic nitrogens is 3. The highest BCUT2D eigenvalue weighted by molar-refractivity contribution is 5.84. The monoisotopic (exact) mass is 297 g/mol. The maximum absolute atomic E-state index is 5.66. The van der Waals surface area contributed by atoms with Crippen LogP contribution in [0.15, 0.2) is 34.9 Å². The van der Waals surface area contributed by atoms with E-state index in [1.807, 2.05) is 37.3 Å². The van der Waals surface area contributed by atoms with Crippen molar-refractivity contribution in [1.82, 2.24) is 15.1 Å². The highest BCUT2D eigenvalue weighted by atomic mass is 16.5. The van der Waals surface area contributed by atoms with Crippen molar-refractivity contribution in [3.63, 3.8) is 0 Å². The first-order valence-corrected chi connectivity index (χ1v) is 7.53. The Morgan fingerprint density at radius 1 is 1.18 bits per heavy atom. The summed E-state index contributed by atoms with van der Waals surface area (Å²) in [6, 6.07) is 9.91. The molecule has 22 heavy (non-hydrogen) atoms. The molecule has 2 heterocycles. The Bertz CT molecular complexity index is 780. The average Bonchev–Trinajstić information content (AvgIpc) is 2.94. The fourth-order valence-corrected chi connectivity index (χ4v) is 2.30. The van der Waals surface area contributed by atoms with Gasteiger partial charge in [0.05, 0.1) is 17.7 Å². The molecule has 0 aliphatic rings. The highest BCUT2D eigenvalue weighted by Crippen LogP contribution is 2.30. The van der Waals surface area contributed by atoms with Crippen LogP contribution in [0.2, 0.25) is 0 Å². The van der Waals surface area contributed by atoms with Crippen LogP contribution < -0.4 is 4.74 Å². The molecule has 0 unspecified atom stereocenters. The van der Waals surface area contributed by atoms with E-state index in [-0.39, 0.29) is 0 Å². The van der Waals surface area contributed by atoms with E-state index in [2.05, 4.69) is 29.0 Å². The third-order valence-corrected chi connectivity index (χ3v) is 3.26. The molecule has 0 saturated carbocycles. The lowest BCUT2D eigenvalue weighted by Crippen LogP contribution is -1.99. The van der Waals surface area contributed by atoms with E-state index in [1.54, 1.807) is 0 Å². The second kappa shape index (κ2) is 6.13. The average molecular weight is 297 g/mol. The van der Waals surface area contributed by atoms with Crippen LogP contribution in [0.5, 0.6) is 5.88 Å². The van der Waals surface area contributed by atoms with Gasteiger partial charge in [-0.2, -0.15) is 4.98 Å². The Morgan fingerprint density at radius 3 is 2.77 bits per heavy atom. The van der Waals surface area contributed by atoms with E-state index >= 15 is 0 Å². The van der Waals surface area contributed by atoms with Gasteiger partial charge in [-0.3, -0.25) is 0 Å². The summed E-state index contributed by atoms with van der Waals surface area (Å²) in [5, 5.41) is 5.11. The molecular weight excluding hydrogens is 278 g/mol. The van der Waals surface area contributed by atoms with Crippen LogP contribution in [0, 0.1) is 5.92 Å². The van der Waals surface area contributed by atoms with Gasteiger partial charge in [0.1, 0.15) is 0 Å². The predicted molar refractivity (Wildman–Crippen MR) is 84.7 cm³/mol. The molecule has 0 bridgehead atoms. The van der Waals surface area contributed by atoms with E-state index in [9.17, 15) is 0 Å². The number of rotatable bonds is 5. The maximum Gasteiger partial charge on any atom is 0.227 e. The molecule has 114 valence electrons. The van der Waals surface area contributed by atoms with Crippen molar-refractivity contribution in [2.24, 2.45) is 5.92 Å². The number of hydrogen-bond donors (Lipinski definition) is 0. The Balaban J connectivity index is 2.07. The van der Waals surface area contributed by atoms with Gasteiger partial charge in [0.15, 0.2) is 0 Å². The fraction of sp³-hybridized carbons (Fsp3) is 0.353. The molecule has 0 fully saturated rings. The van der Waals surface area contributed by atoms with Gasteiger partial charge >= 0.3 is 0 Å². The molecule has 0 aliphatic carbocycles. The largest absolute Gasteiger partial charge is 0.477 e.